The molecule has 4 aromatic rings. The van der Waals surface area contributed by atoms with Crippen LogP contribution in [0.15, 0.2) is 94.0 Å². The minimum atomic E-state index is -3.48. The molecular weight excluding hydrogens is 462 g/mol. The molecule has 35 heavy (non-hydrogen) atoms. The van der Waals surface area contributed by atoms with Crippen LogP contribution < -0.4 is 10.9 Å². The summed E-state index contributed by atoms with van der Waals surface area (Å²) in [5.74, 6) is -0.389. The number of hydrogen-bond acceptors (Lipinski definition) is 5. The third kappa shape index (κ3) is 5.73. The molecule has 0 saturated carbocycles. The first-order valence-corrected chi connectivity index (χ1v) is 12.7. The molecule has 2 N–H and O–H groups in total. The number of benzene rings is 3. The average molecular weight is 488 g/mol. The van der Waals surface area contributed by atoms with Gasteiger partial charge in [-0.2, -0.15) is 0 Å². The molecule has 1 aromatic heterocycles. The van der Waals surface area contributed by atoms with E-state index in [1.165, 1.54) is 5.41 Å². The minimum absolute atomic E-state index is 0.0480. The topological polar surface area (TPSA) is 109 Å². The molecule has 0 fully saturated rings. The number of rotatable bonds is 7. The van der Waals surface area contributed by atoms with E-state index in [2.05, 4.69) is 15.3 Å². The van der Waals surface area contributed by atoms with Gasteiger partial charge in [0.15, 0.2) is 15.7 Å². The molecule has 0 atom stereocenters. The number of para-hydroxylation sites is 1. The lowest BCUT2D eigenvalue weighted by Crippen LogP contribution is -2.27. The van der Waals surface area contributed by atoms with Crippen LogP contribution >= 0.6 is 0 Å². The summed E-state index contributed by atoms with van der Waals surface area (Å²) in [6.45, 7) is 4.07. The zero-order valence-corrected chi connectivity index (χ0v) is 20.2. The number of fused-ring (bicyclic) bond motifs is 1. The number of hydrogen-bond donors (Lipinski definition) is 2. The van der Waals surface area contributed by atoms with Gasteiger partial charge in [-0.25, -0.2) is 13.4 Å². The van der Waals surface area contributed by atoms with E-state index < -0.39 is 15.7 Å². The molecule has 3 aromatic carbocycles. The van der Waals surface area contributed by atoms with Crippen molar-refractivity contribution < 1.29 is 13.2 Å². The number of allylic oxidation sites excluding steroid dienone is 1. The Kier molecular flexibility index (Phi) is 6.93. The normalized spacial score (nSPS) is 11.9. The second-order valence-electron chi connectivity index (χ2n) is 8.46. The fraction of sp³-hybridized carbons (Fsp3) is 0.148. The van der Waals surface area contributed by atoms with Crippen molar-refractivity contribution in [3.8, 4) is 11.1 Å². The van der Waals surface area contributed by atoms with Crippen molar-refractivity contribution in [3.05, 3.63) is 106 Å². The van der Waals surface area contributed by atoms with Crippen molar-refractivity contribution in [3.63, 3.8) is 0 Å². The zero-order valence-electron chi connectivity index (χ0n) is 19.4. The number of amides is 1. The molecule has 0 aliphatic carbocycles. The van der Waals surface area contributed by atoms with Crippen LogP contribution in [0.4, 0.5) is 0 Å². The van der Waals surface area contributed by atoms with Crippen molar-refractivity contribution >= 4 is 26.6 Å². The maximum atomic E-state index is 12.6. The number of nitrogens with zero attached hydrogens (tertiary/aromatic N) is 1. The van der Waals surface area contributed by atoms with Crippen LogP contribution in [0.1, 0.15) is 30.0 Å². The van der Waals surface area contributed by atoms with Gasteiger partial charge in [0, 0.05) is 12.0 Å². The van der Waals surface area contributed by atoms with Crippen molar-refractivity contribution in [1.82, 2.24) is 15.3 Å². The molecule has 0 saturated heterocycles. The maximum Gasteiger partial charge on any atom is 0.287 e. The summed E-state index contributed by atoms with van der Waals surface area (Å²) < 4.78 is 24.9. The summed E-state index contributed by atoms with van der Waals surface area (Å²) >= 11 is 0. The molecule has 0 aliphatic heterocycles. The summed E-state index contributed by atoms with van der Waals surface area (Å²) in [7, 11) is -3.48. The number of sulfone groups is 1. The molecule has 0 aliphatic rings. The lowest BCUT2D eigenvalue weighted by molar-refractivity contribution is 0.0940. The number of aromatic amines is 1. The highest BCUT2D eigenvalue weighted by Crippen LogP contribution is 2.23. The Hall–Kier alpha value is -4.04. The van der Waals surface area contributed by atoms with E-state index in [-0.39, 0.29) is 28.7 Å². The van der Waals surface area contributed by atoms with Crippen LogP contribution in [0.2, 0.25) is 0 Å². The molecule has 1 heterocycles. The number of carbonyl (C=O) groups is 1. The van der Waals surface area contributed by atoms with Crippen LogP contribution in [0, 0.1) is 5.92 Å². The third-order valence-corrected chi connectivity index (χ3v) is 6.81. The van der Waals surface area contributed by atoms with Gasteiger partial charge in [-0.05, 0) is 52.9 Å². The molecule has 0 bridgehead atoms. The highest BCUT2D eigenvalue weighted by Gasteiger charge is 2.13. The van der Waals surface area contributed by atoms with E-state index in [1.54, 1.807) is 54.6 Å². The van der Waals surface area contributed by atoms with E-state index in [1.807, 2.05) is 38.1 Å². The standard InChI is InChI=1S/C27H25N3O4S/c1-18(2)14-15-35(33,34)22-12-10-20(11-13-22)21-7-5-6-19(16-21)17-28-27(32)25-29-24-9-4-3-8-23(24)26(31)30-25/h3-16,18H,17H2,1-2H3,(H,28,32)(H,29,30,31)/b15-14+. The molecule has 4 rings (SSSR count). The second kappa shape index (κ2) is 10.1. The number of H-pyrrole nitrogens is 1. The Morgan fingerprint density at radius 3 is 2.49 bits per heavy atom. The Balaban J connectivity index is 1.48. The summed E-state index contributed by atoms with van der Waals surface area (Å²) in [6.07, 6.45) is 1.66. The fourth-order valence-corrected chi connectivity index (χ4v) is 4.69. The van der Waals surface area contributed by atoms with Crippen LogP contribution in [0.5, 0.6) is 0 Å². The van der Waals surface area contributed by atoms with E-state index >= 15 is 0 Å². The summed E-state index contributed by atoms with van der Waals surface area (Å²) in [5.41, 5.74) is 2.66. The second-order valence-corrected chi connectivity index (χ2v) is 10.3. The average Bonchev–Trinajstić information content (AvgIpc) is 2.86. The zero-order chi connectivity index (χ0) is 25.0. The molecule has 7 nitrogen and oxygen atoms in total. The predicted molar refractivity (Wildman–Crippen MR) is 137 cm³/mol. The molecule has 178 valence electrons. The molecule has 0 spiro atoms. The summed E-state index contributed by atoms with van der Waals surface area (Å²) in [6, 6.07) is 21.1. The molecule has 1 amide bonds. The smallest absolute Gasteiger partial charge is 0.287 e. The first-order valence-electron chi connectivity index (χ1n) is 11.1. The van der Waals surface area contributed by atoms with Gasteiger partial charge < -0.3 is 10.3 Å². The largest absolute Gasteiger partial charge is 0.345 e. The number of carbonyl (C=O) groups excluding carboxylic acids is 1. The highest BCUT2D eigenvalue weighted by molar-refractivity contribution is 7.94. The third-order valence-electron chi connectivity index (χ3n) is 5.37. The van der Waals surface area contributed by atoms with Crippen molar-refractivity contribution in [2.24, 2.45) is 5.92 Å². The van der Waals surface area contributed by atoms with Crippen molar-refractivity contribution in [2.75, 3.05) is 0 Å². The fourth-order valence-electron chi connectivity index (χ4n) is 3.50. The first kappa shape index (κ1) is 24.1. The lowest BCUT2D eigenvalue weighted by atomic mass is 10.0. The van der Waals surface area contributed by atoms with Gasteiger partial charge in [0.1, 0.15) is 0 Å². The van der Waals surface area contributed by atoms with E-state index in [0.29, 0.717) is 10.9 Å². The van der Waals surface area contributed by atoms with Crippen LogP contribution in [-0.4, -0.2) is 24.3 Å². The SMILES string of the molecule is CC(C)/C=C/S(=O)(=O)c1ccc(-c2cccc(CNC(=O)c3nc4ccccc4c(=O)[nH]3)c2)cc1. The molecular formula is C27H25N3O4S. The monoisotopic (exact) mass is 487 g/mol. The van der Waals surface area contributed by atoms with Gasteiger partial charge in [-0.15, -0.1) is 0 Å². The van der Waals surface area contributed by atoms with Crippen molar-refractivity contribution in [2.45, 2.75) is 25.3 Å². The van der Waals surface area contributed by atoms with Crippen LogP contribution in [0.25, 0.3) is 22.0 Å². The van der Waals surface area contributed by atoms with E-state index in [9.17, 15) is 18.0 Å². The summed E-state index contributed by atoms with van der Waals surface area (Å²) in [4.78, 5) is 31.8. The van der Waals surface area contributed by atoms with E-state index in [4.69, 9.17) is 0 Å². The van der Waals surface area contributed by atoms with Gasteiger partial charge in [-0.1, -0.05) is 62.4 Å². The minimum Gasteiger partial charge on any atom is -0.345 e. The lowest BCUT2D eigenvalue weighted by Gasteiger charge is -2.09. The van der Waals surface area contributed by atoms with E-state index in [0.717, 1.165) is 16.7 Å². The Morgan fingerprint density at radius 2 is 1.74 bits per heavy atom. The van der Waals surface area contributed by atoms with Crippen LogP contribution in [0.3, 0.4) is 0 Å². The Bertz CT molecular complexity index is 1570. The molecule has 8 heteroatoms. The highest BCUT2D eigenvalue weighted by atomic mass is 32.2. The maximum absolute atomic E-state index is 12.6. The van der Waals surface area contributed by atoms with Gasteiger partial charge >= 0.3 is 0 Å². The van der Waals surface area contributed by atoms with Gasteiger partial charge in [0.05, 0.1) is 15.8 Å². The first-order chi connectivity index (χ1) is 16.7. The van der Waals surface area contributed by atoms with Gasteiger partial charge in [0.25, 0.3) is 11.5 Å². The summed E-state index contributed by atoms with van der Waals surface area (Å²) in [5, 5.41) is 4.45. The van der Waals surface area contributed by atoms with Gasteiger partial charge in [0.2, 0.25) is 0 Å². The Morgan fingerprint density at radius 1 is 1.00 bits per heavy atom. The number of nitrogens with one attached hydrogen (secondary N) is 2. The quantitative estimate of drug-likeness (QED) is 0.400. The Labute approximate surface area is 203 Å². The van der Waals surface area contributed by atoms with Gasteiger partial charge in [-0.3, -0.25) is 9.59 Å². The predicted octanol–water partition coefficient (Wildman–Crippen LogP) is 4.46. The molecule has 0 unspecified atom stereocenters. The van der Waals surface area contributed by atoms with Crippen LogP contribution in [-0.2, 0) is 16.4 Å². The van der Waals surface area contributed by atoms with Crippen molar-refractivity contribution in [1.29, 1.82) is 0 Å². The number of aromatic nitrogens is 2. The molecule has 0 radical (unpaired) electrons.